The molecule has 10 heteroatoms. The molecular formula is C25H39N5O5. The number of amides is 2. The van der Waals surface area contributed by atoms with Crippen LogP contribution in [-0.4, -0.2) is 69.1 Å². The summed E-state index contributed by atoms with van der Waals surface area (Å²) in [6, 6.07) is 4.58. The van der Waals surface area contributed by atoms with Crippen molar-refractivity contribution in [3.8, 4) is 0 Å². The fraction of sp³-hybridized carbons (Fsp3) is 0.600. The lowest BCUT2D eigenvalue weighted by Gasteiger charge is -2.31. The Hall–Kier alpha value is -2.98. The summed E-state index contributed by atoms with van der Waals surface area (Å²) in [5, 5.41) is 14.5. The average Bonchev–Trinajstić information content (AvgIpc) is 3.11. The molecule has 2 aliphatic rings. The first-order chi connectivity index (χ1) is 16.8. The topological polar surface area (TPSA) is 126 Å². The van der Waals surface area contributed by atoms with Crippen LogP contribution in [0.2, 0.25) is 0 Å². The highest BCUT2D eigenvalue weighted by Crippen LogP contribution is 2.24. The van der Waals surface area contributed by atoms with E-state index in [0.717, 1.165) is 37.0 Å². The zero-order valence-corrected chi connectivity index (χ0v) is 21.5. The molecule has 0 saturated carbocycles. The Morgan fingerprint density at radius 3 is 2.49 bits per heavy atom. The number of aliphatic carboxylic acids is 1. The van der Waals surface area contributed by atoms with Gasteiger partial charge in [-0.05, 0) is 43.5 Å². The van der Waals surface area contributed by atoms with Crippen LogP contribution in [-0.2, 0) is 27.9 Å². The SMILES string of the molecule is CC.CC.Cn1c(=O)n(C2CCC(=O)NC2=O)c2ccc(CCCN3CCNC(C(=O)O)C3)cc21. The van der Waals surface area contributed by atoms with E-state index in [9.17, 15) is 24.3 Å². The molecule has 3 heterocycles. The Bertz CT molecular complexity index is 1090. The van der Waals surface area contributed by atoms with Crippen LogP contribution in [0.15, 0.2) is 23.0 Å². The quantitative estimate of drug-likeness (QED) is 0.527. The van der Waals surface area contributed by atoms with Gasteiger partial charge in [0.2, 0.25) is 11.8 Å². The maximum absolute atomic E-state index is 12.8. The maximum atomic E-state index is 12.8. The number of fused-ring (bicyclic) bond motifs is 1. The fourth-order valence-corrected chi connectivity index (χ4v) is 4.48. The van der Waals surface area contributed by atoms with Gasteiger partial charge in [-0.1, -0.05) is 33.8 Å². The van der Waals surface area contributed by atoms with E-state index in [1.165, 1.54) is 9.13 Å². The molecule has 3 N–H and O–H groups in total. The molecule has 10 nitrogen and oxygen atoms in total. The van der Waals surface area contributed by atoms with Gasteiger partial charge in [0.15, 0.2) is 0 Å². The van der Waals surface area contributed by atoms with E-state index < -0.39 is 24.0 Å². The van der Waals surface area contributed by atoms with E-state index in [4.69, 9.17) is 0 Å². The molecule has 1 aromatic carbocycles. The summed E-state index contributed by atoms with van der Waals surface area (Å²) in [5.41, 5.74) is 2.23. The first-order valence-electron chi connectivity index (χ1n) is 12.6. The van der Waals surface area contributed by atoms with E-state index >= 15 is 0 Å². The van der Waals surface area contributed by atoms with Gasteiger partial charge in [0.25, 0.3) is 0 Å². The molecule has 1 aromatic heterocycles. The standard InChI is InChI=1S/C21H27N5O5.2C2H6/c1-24-17-11-13(3-2-9-25-10-8-22-14(12-25)20(29)30)4-5-15(17)26(21(24)31)16-6-7-18(27)23-19(16)28;2*1-2/h4-5,11,14,16,22H,2-3,6-10,12H2,1H3,(H,29,30)(H,23,27,28);2*1-2H3. The van der Waals surface area contributed by atoms with Gasteiger partial charge in [0.1, 0.15) is 12.1 Å². The van der Waals surface area contributed by atoms with E-state index in [-0.39, 0.29) is 18.0 Å². The number of nitrogens with zero attached hydrogens (tertiary/aromatic N) is 3. The average molecular weight is 490 g/mol. The Kier molecular flexibility index (Phi) is 10.7. The Morgan fingerprint density at radius 1 is 1.11 bits per heavy atom. The number of carboxylic acids is 1. The molecule has 2 aromatic rings. The molecule has 194 valence electrons. The second-order valence-corrected chi connectivity index (χ2v) is 8.25. The Balaban J connectivity index is 0.00000103. The summed E-state index contributed by atoms with van der Waals surface area (Å²) in [4.78, 5) is 49.9. The summed E-state index contributed by atoms with van der Waals surface area (Å²) in [5.74, 6) is -1.57. The van der Waals surface area contributed by atoms with E-state index in [1.807, 2.05) is 45.9 Å². The van der Waals surface area contributed by atoms with Crippen LogP contribution >= 0.6 is 0 Å². The number of carboxylic acid groups (broad SMARTS) is 1. The highest BCUT2D eigenvalue weighted by molar-refractivity contribution is 6.00. The Labute approximate surface area is 206 Å². The van der Waals surface area contributed by atoms with Crippen molar-refractivity contribution in [2.45, 2.75) is 65.5 Å². The number of imidazole rings is 1. The van der Waals surface area contributed by atoms with Crippen LogP contribution in [0.5, 0.6) is 0 Å². The third kappa shape index (κ3) is 6.58. The fourth-order valence-electron chi connectivity index (χ4n) is 4.48. The van der Waals surface area contributed by atoms with Crippen LogP contribution in [0.1, 0.15) is 58.6 Å². The van der Waals surface area contributed by atoms with Crippen LogP contribution in [0.3, 0.4) is 0 Å². The molecule has 0 bridgehead atoms. The summed E-state index contributed by atoms with van der Waals surface area (Å²) in [7, 11) is 1.68. The van der Waals surface area contributed by atoms with Crippen molar-refractivity contribution in [3.63, 3.8) is 0 Å². The number of benzene rings is 1. The van der Waals surface area contributed by atoms with Crippen molar-refractivity contribution in [2.24, 2.45) is 7.05 Å². The first kappa shape index (κ1) is 28.3. The number of imide groups is 1. The van der Waals surface area contributed by atoms with Crippen molar-refractivity contribution in [1.82, 2.24) is 24.7 Å². The van der Waals surface area contributed by atoms with Gasteiger partial charge in [-0.15, -0.1) is 0 Å². The molecule has 2 aliphatic heterocycles. The molecule has 0 radical (unpaired) electrons. The molecule has 0 aliphatic carbocycles. The Morgan fingerprint density at radius 2 is 1.83 bits per heavy atom. The van der Waals surface area contributed by atoms with Gasteiger partial charge in [-0.25, -0.2) is 4.79 Å². The first-order valence-corrected chi connectivity index (χ1v) is 12.6. The molecule has 2 atom stereocenters. The predicted molar refractivity (Wildman–Crippen MR) is 135 cm³/mol. The van der Waals surface area contributed by atoms with Crippen molar-refractivity contribution >= 4 is 28.8 Å². The van der Waals surface area contributed by atoms with Gasteiger partial charge in [0, 0.05) is 33.1 Å². The molecule has 0 spiro atoms. The highest BCUT2D eigenvalue weighted by atomic mass is 16.4. The minimum atomic E-state index is -0.823. The minimum absolute atomic E-state index is 0.214. The number of carbonyl (C=O) groups excluding carboxylic acids is 2. The molecule has 2 amide bonds. The van der Waals surface area contributed by atoms with Gasteiger partial charge in [-0.3, -0.25) is 33.7 Å². The van der Waals surface area contributed by atoms with Crippen molar-refractivity contribution in [2.75, 3.05) is 26.2 Å². The summed E-state index contributed by atoms with van der Waals surface area (Å²) < 4.78 is 3.02. The van der Waals surface area contributed by atoms with Crippen LogP contribution < -0.4 is 16.3 Å². The van der Waals surface area contributed by atoms with Gasteiger partial charge < -0.3 is 10.4 Å². The predicted octanol–water partition coefficient (Wildman–Crippen LogP) is 1.66. The summed E-state index contributed by atoms with van der Waals surface area (Å²) >= 11 is 0. The molecule has 2 unspecified atom stereocenters. The molecule has 2 fully saturated rings. The molecule has 4 rings (SSSR count). The lowest BCUT2D eigenvalue weighted by Crippen LogP contribution is -2.54. The van der Waals surface area contributed by atoms with Crippen LogP contribution in [0, 0.1) is 0 Å². The number of nitrogens with one attached hydrogen (secondary N) is 2. The summed E-state index contributed by atoms with van der Waals surface area (Å²) in [6.07, 6.45) is 2.20. The zero-order valence-electron chi connectivity index (χ0n) is 21.5. The maximum Gasteiger partial charge on any atom is 0.329 e. The van der Waals surface area contributed by atoms with Crippen molar-refractivity contribution in [1.29, 1.82) is 0 Å². The normalized spacial score (nSPS) is 20.4. The van der Waals surface area contributed by atoms with Crippen molar-refractivity contribution in [3.05, 3.63) is 34.2 Å². The highest BCUT2D eigenvalue weighted by Gasteiger charge is 2.31. The molecule has 35 heavy (non-hydrogen) atoms. The van der Waals surface area contributed by atoms with E-state index in [1.54, 1.807) is 7.05 Å². The van der Waals surface area contributed by atoms with Gasteiger partial charge in [0.05, 0.1) is 11.0 Å². The van der Waals surface area contributed by atoms with Crippen LogP contribution in [0.25, 0.3) is 11.0 Å². The monoisotopic (exact) mass is 489 g/mol. The van der Waals surface area contributed by atoms with Crippen molar-refractivity contribution < 1.29 is 19.5 Å². The van der Waals surface area contributed by atoms with E-state index in [2.05, 4.69) is 15.5 Å². The zero-order chi connectivity index (χ0) is 26.1. The number of carbonyl (C=O) groups is 3. The smallest absolute Gasteiger partial charge is 0.329 e. The largest absolute Gasteiger partial charge is 0.480 e. The number of aromatic nitrogens is 2. The molecule has 2 saturated heterocycles. The number of rotatable bonds is 6. The summed E-state index contributed by atoms with van der Waals surface area (Å²) in [6.45, 7) is 10.8. The lowest BCUT2D eigenvalue weighted by atomic mass is 10.0. The van der Waals surface area contributed by atoms with E-state index in [0.29, 0.717) is 25.0 Å². The van der Waals surface area contributed by atoms with Crippen LogP contribution in [0.4, 0.5) is 0 Å². The minimum Gasteiger partial charge on any atom is -0.480 e. The lowest BCUT2D eigenvalue weighted by molar-refractivity contribution is -0.141. The number of piperidine rings is 1. The number of hydrogen-bond acceptors (Lipinski definition) is 6. The number of piperazine rings is 1. The van der Waals surface area contributed by atoms with Gasteiger partial charge in [-0.2, -0.15) is 0 Å². The number of hydrogen-bond donors (Lipinski definition) is 3. The third-order valence-corrected chi connectivity index (χ3v) is 6.17. The second-order valence-electron chi connectivity index (χ2n) is 8.25. The third-order valence-electron chi connectivity index (χ3n) is 6.17. The van der Waals surface area contributed by atoms with Gasteiger partial charge >= 0.3 is 11.7 Å². The number of aryl methyl sites for hydroxylation is 2. The molecular weight excluding hydrogens is 450 g/mol. The second kappa shape index (κ2) is 13.2.